The van der Waals surface area contributed by atoms with E-state index in [0.29, 0.717) is 19.8 Å². The van der Waals surface area contributed by atoms with Gasteiger partial charge in [0.15, 0.2) is 0 Å². The van der Waals surface area contributed by atoms with Crippen LogP contribution in [0.25, 0.3) is 0 Å². The zero-order valence-electron chi connectivity index (χ0n) is 14.1. The number of aliphatic hydroxyl groups is 1. The first-order valence-corrected chi connectivity index (χ1v) is 8.77. The fourth-order valence-electron chi connectivity index (χ4n) is 2.38. The van der Waals surface area contributed by atoms with Gasteiger partial charge in [-0.05, 0) is 30.5 Å². The minimum atomic E-state index is 0.0842. The Morgan fingerprint density at radius 2 is 1.55 bits per heavy atom. The monoisotopic (exact) mass is 308 g/mol. The van der Waals surface area contributed by atoms with Crippen LogP contribution in [-0.2, 0) is 11.2 Å². The molecule has 1 aromatic rings. The smallest absolute Gasteiger partial charge is 0.119 e. The quantitative estimate of drug-likeness (QED) is 0.519. The second-order valence-electron chi connectivity index (χ2n) is 5.70. The third-order valence-electron chi connectivity index (χ3n) is 3.68. The molecule has 0 aliphatic heterocycles. The number of aryl methyl sites for hydroxylation is 1. The molecule has 0 aliphatic carbocycles. The third-order valence-corrected chi connectivity index (χ3v) is 3.68. The molecule has 0 heterocycles. The number of hydrogen-bond acceptors (Lipinski definition) is 3. The highest BCUT2D eigenvalue weighted by molar-refractivity contribution is 5.27. The molecule has 0 saturated carbocycles. The highest BCUT2D eigenvalue weighted by atomic mass is 16.5. The van der Waals surface area contributed by atoms with Gasteiger partial charge in [-0.25, -0.2) is 0 Å². The summed E-state index contributed by atoms with van der Waals surface area (Å²) in [5.74, 6) is 0.925. The van der Waals surface area contributed by atoms with E-state index in [1.165, 1.54) is 50.5 Å². The van der Waals surface area contributed by atoms with E-state index in [4.69, 9.17) is 14.6 Å². The molecule has 0 amide bonds. The highest BCUT2D eigenvalue weighted by Gasteiger charge is 1.97. The number of rotatable bonds is 14. The molecule has 0 aromatic heterocycles. The Balaban J connectivity index is 2.07. The Kier molecular flexibility index (Phi) is 11.7. The van der Waals surface area contributed by atoms with Gasteiger partial charge in [-0.3, -0.25) is 0 Å². The van der Waals surface area contributed by atoms with E-state index in [-0.39, 0.29) is 6.61 Å². The van der Waals surface area contributed by atoms with Crippen LogP contribution in [0, 0.1) is 0 Å². The molecule has 0 atom stereocenters. The van der Waals surface area contributed by atoms with E-state index < -0.39 is 0 Å². The van der Waals surface area contributed by atoms with Crippen molar-refractivity contribution in [2.24, 2.45) is 0 Å². The van der Waals surface area contributed by atoms with Gasteiger partial charge >= 0.3 is 0 Å². The molecule has 0 aliphatic rings. The van der Waals surface area contributed by atoms with E-state index >= 15 is 0 Å². The molecule has 0 spiro atoms. The molecule has 3 heteroatoms. The predicted octanol–water partition coefficient (Wildman–Crippen LogP) is 4.37. The SMILES string of the molecule is CCCCCCCCc1ccc(OCCCOCCO)cc1. The maximum absolute atomic E-state index is 8.59. The first kappa shape index (κ1) is 19.0. The number of aliphatic hydroxyl groups excluding tert-OH is 1. The average molecular weight is 308 g/mol. The van der Waals surface area contributed by atoms with Gasteiger partial charge in [0.05, 0.1) is 19.8 Å². The molecule has 1 aromatic carbocycles. The van der Waals surface area contributed by atoms with E-state index in [0.717, 1.165) is 12.2 Å². The maximum Gasteiger partial charge on any atom is 0.119 e. The molecule has 0 radical (unpaired) electrons. The topological polar surface area (TPSA) is 38.7 Å². The first-order valence-electron chi connectivity index (χ1n) is 8.77. The minimum absolute atomic E-state index is 0.0842. The van der Waals surface area contributed by atoms with Crippen LogP contribution < -0.4 is 4.74 Å². The van der Waals surface area contributed by atoms with Crippen molar-refractivity contribution in [2.75, 3.05) is 26.4 Å². The summed E-state index contributed by atoms with van der Waals surface area (Å²) < 4.78 is 10.9. The van der Waals surface area contributed by atoms with E-state index in [1.54, 1.807) is 0 Å². The van der Waals surface area contributed by atoms with Gasteiger partial charge in [0, 0.05) is 13.0 Å². The van der Waals surface area contributed by atoms with Crippen LogP contribution in [0.15, 0.2) is 24.3 Å². The molecule has 0 unspecified atom stereocenters. The summed E-state index contributed by atoms with van der Waals surface area (Å²) in [5, 5.41) is 8.59. The van der Waals surface area contributed by atoms with Gasteiger partial charge in [0.1, 0.15) is 5.75 Å². The third kappa shape index (κ3) is 9.80. The molecule has 126 valence electrons. The van der Waals surface area contributed by atoms with Gasteiger partial charge in [-0.1, -0.05) is 51.2 Å². The van der Waals surface area contributed by atoms with Crippen molar-refractivity contribution in [2.45, 2.75) is 58.3 Å². The van der Waals surface area contributed by atoms with E-state index in [9.17, 15) is 0 Å². The van der Waals surface area contributed by atoms with Gasteiger partial charge in [0.25, 0.3) is 0 Å². The van der Waals surface area contributed by atoms with Crippen molar-refractivity contribution in [3.8, 4) is 5.75 Å². The fourth-order valence-corrected chi connectivity index (χ4v) is 2.38. The summed E-state index contributed by atoms with van der Waals surface area (Å²) >= 11 is 0. The van der Waals surface area contributed by atoms with E-state index in [2.05, 4.69) is 31.2 Å². The first-order chi connectivity index (χ1) is 10.9. The molecule has 0 saturated heterocycles. The van der Waals surface area contributed by atoms with Crippen LogP contribution in [0.5, 0.6) is 5.75 Å². The molecule has 1 rings (SSSR count). The van der Waals surface area contributed by atoms with Crippen molar-refractivity contribution in [1.82, 2.24) is 0 Å². The molecular weight excluding hydrogens is 276 g/mol. The summed E-state index contributed by atoms with van der Waals surface area (Å²) in [5.41, 5.74) is 1.40. The highest BCUT2D eigenvalue weighted by Crippen LogP contribution is 2.15. The lowest BCUT2D eigenvalue weighted by molar-refractivity contribution is 0.0836. The van der Waals surface area contributed by atoms with Gasteiger partial charge in [-0.2, -0.15) is 0 Å². The minimum Gasteiger partial charge on any atom is -0.494 e. The Morgan fingerprint density at radius 3 is 2.27 bits per heavy atom. The summed E-state index contributed by atoms with van der Waals surface area (Å²) in [6, 6.07) is 8.45. The number of benzene rings is 1. The van der Waals surface area contributed by atoms with Crippen molar-refractivity contribution in [3.05, 3.63) is 29.8 Å². The van der Waals surface area contributed by atoms with E-state index in [1.807, 2.05) is 0 Å². The van der Waals surface area contributed by atoms with Crippen LogP contribution in [0.1, 0.15) is 57.4 Å². The Bertz CT molecular complexity index is 313. The summed E-state index contributed by atoms with van der Waals surface area (Å²) in [4.78, 5) is 0. The number of hydrogen-bond donors (Lipinski definition) is 1. The largest absolute Gasteiger partial charge is 0.494 e. The second kappa shape index (κ2) is 13.6. The van der Waals surface area contributed by atoms with Crippen molar-refractivity contribution >= 4 is 0 Å². The number of unbranched alkanes of at least 4 members (excludes halogenated alkanes) is 5. The van der Waals surface area contributed by atoms with Crippen LogP contribution in [0.2, 0.25) is 0 Å². The normalized spacial score (nSPS) is 10.8. The van der Waals surface area contributed by atoms with Crippen molar-refractivity contribution < 1.29 is 14.6 Å². The lowest BCUT2D eigenvalue weighted by Crippen LogP contribution is -2.05. The second-order valence-corrected chi connectivity index (χ2v) is 5.70. The van der Waals surface area contributed by atoms with Gasteiger partial charge in [-0.15, -0.1) is 0 Å². The lowest BCUT2D eigenvalue weighted by atomic mass is 10.0. The standard InChI is InChI=1S/C19H32O3/c1-2-3-4-5-6-7-9-18-10-12-19(13-11-18)22-16-8-15-21-17-14-20/h10-13,20H,2-9,14-17H2,1H3. The zero-order valence-corrected chi connectivity index (χ0v) is 14.1. The summed E-state index contributed by atoms with van der Waals surface area (Å²) in [6.45, 7) is 4.04. The fraction of sp³-hybridized carbons (Fsp3) is 0.684. The van der Waals surface area contributed by atoms with Crippen LogP contribution in [0.4, 0.5) is 0 Å². The Labute approximate surface area is 135 Å². The maximum atomic E-state index is 8.59. The molecular formula is C19H32O3. The average Bonchev–Trinajstić information content (AvgIpc) is 2.55. The predicted molar refractivity (Wildman–Crippen MR) is 91.5 cm³/mol. The van der Waals surface area contributed by atoms with Crippen LogP contribution >= 0.6 is 0 Å². The molecule has 0 bridgehead atoms. The zero-order chi connectivity index (χ0) is 15.9. The molecule has 1 N–H and O–H groups in total. The summed E-state index contributed by atoms with van der Waals surface area (Å²) in [6.07, 6.45) is 10.1. The van der Waals surface area contributed by atoms with Crippen molar-refractivity contribution in [3.63, 3.8) is 0 Å². The molecule has 22 heavy (non-hydrogen) atoms. The Morgan fingerprint density at radius 1 is 0.818 bits per heavy atom. The number of ether oxygens (including phenoxy) is 2. The molecule has 0 fully saturated rings. The van der Waals surface area contributed by atoms with Gasteiger partial charge in [0.2, 0.25) is 0 Å². The van der Waals surface area contributed by atoms with Crippen LogP contribution in [0.3, 0.4) is 0 Å². The van der Waals surface area contributed by atoms with Gasteiger partial charge < -0.3 is 14.6 Å². The van der Waals surface area contributed by atoms with Crippen molar-refractivity contribution in [1.29, 1.82) is 0 Å². The van der Waals surface area contributed by atoms with Crippen LogP contribution in [-0.4, -0.2) is 31.5 Å². The lowest BCUT2D eigenvalue weighted by Gasteiger charge is -2.07. The molecule has 3 nitrogen and oxygen atoms in total. The Hall–Kier alpha value is -1.06. The summed E-state index contributed by atoms with van der Waals surface area (Å²) in [7, 11) is 0.